The van der Waals surface area contributed by atoms with Gasteiger partial charge in [-0.15, -0.1) is 0 Å². The van der Waals surface area contributed by atoms with Crippen LogP contribution in [-0.4, -0.2) is 25.2 Å². The summed E-state index contributed by atoms with van der Waals surface area (Å²) in [5, 5.41) is 12.5. The Kier molecular flexibility index (Phi) is 3.94. The van der Waals surface area contributed by atoms with E-state index in [1.807, 2.05) is 6.07 Å². The Bertz CT molecular complexity index is 570. The smallest absolute Gasteiger partial charge is 0.240 e. The van der Waals surface area contributed by atoms with Gasteiger partial charge in [0.05, 0.1) is 6.07 Å². The van der Waals surface area contributed by atoms with Crippen LogP contribution >= 0.6 is 0 Å². The molecule has 0 spiro atoms. The normalized spacial score (nSPS) is 23.7. The fourth-order valence-electron chi connectivity index (χ4n) is 3.25. The van der Waals surface area contributed by atoms with Crippen molar-refractivity contribution in [2.75, 3.05) is 13.2 Å². The summed E-state index contributed by atoms with van der Waals surface area (Å²) in [6.45, 7) is 0.989. The van der Waals surface area contributed by atoms with Gasteiger partial charge in [0.25, 0.3) is 0 Å². The zero-order valence-electron chi connectivity index (χ0n) is 12.1. The fourth-order valence-corrected chi connectivity index (χ4v) is 3.25. The molecule has 1 N–H and O–H groups in total. The second-order valence-electron chi connectivity index (χ2n) is 5.99. The molecule has 1 amide bonds. The second-order valence-corrected chi connectivity index (χ2v) is 5.99. The van der Waals surface area contributed by atoms with Gasteiger partial charge in [-0.25, -0.2) is 0 Å². The van der Waals surface area contributed by atoms with E-state index in [1.54, 1.807) is 0 Å². The molecule has 0 radical (unpaired) electrons. The largest absolute Gasteiger partial charge is 0.381 e. The predicted molar refractivity (Wildman–Crippen MR) is 78.5 cm³/mol. The third kappa shape index (κ3) is 2.79. The topological polar surface area (TPSA) is 62.1 Å². The Balaban J connectivity index is 1.67. The average Bonchev–Trinajstić information content (AvgIpc) is 2.55. The van der Waals surface area contributed by atoms with Crippen molar-refractivity contribution in [2.24, 2.45) is 5.41 Å². The van der Waals surface area contributed by atoms with E-state index in [2.05, 4.69) is 29.6 Å². The lowest BCUT2D eigenvalue weighted by Crippen LogP contribution is -2.49. The van der Waals surface area contributed by atoms with E-state index in [1.165, 1.54) is 11.1 Å². The number of nitrogens with zero attached hydrogens (tertiary/aromatic N) is 1. The first-order valence-electron chi connectivity index (χ1n) is 7.60. The van der Waals surface area contributed by atoms with Gasteiger partial charge in [-0.2, -0.15) is 5.26 Å². The van der Waals surface area contributed by atoms with Gasteiger partial charge >= 0.3 is 0 Å². The highest BCUT2D eigenvalue weighted by atomic mass is 16.5. The summed E-state index contributed by atoms with van der Waals surface area (Å²) in [5.41, 5.74) is 1.80. The van der Waals surface area contributed by atoms with E-state index in [-0.39, 0.29) is 11.9 Å². The Morgan fingerprint density at radius 2 is 2.00 bits per heavy atom. The van der Waals surface area contributed by atoms with Gasteiger partial charge in [0, 0.05) is 19.3 Å². The number of hydrogen-bond donors (Lipinski definition) is 1. The highest BCUT2D eigenvalue weighted by Gasteiger charge is 2.41. The van der Waals surface area contributed by atoms with Crippen molar-refractivity contribution >= 4 is 5.91 Å². The van der Waals surface area contributed by atoms with Gasteiger partial charge in [0.2, 0.25) is 5.91 Å². The number of rotatable bonds is 2. The first kappa shape index (κ1) is 14.1. The van der Waals surface area contributed by atoms with Crippen LogP contribution in [0, 0.1) is 16.7 Å². The molecule has 1 atom stereocenters. The number of hydrogen-bond acceptors (Lipinski definition) is 3. The molecule has 0 saturated carbocycles. The Morgan fingerprint density at radius 1 is 1.29 bits per heavy atom. The van der Waals surface area contributed by atoms with Crippen LogP contribution in [0.2, 0.25) is 0 Å². The number of carbonyl (C=O) groups excluding carboxylic acids is 1. The van der Waals surface area contributed by atoms with E-state index in [9.17, 15) is 10.1 Å². The van der Waals surface area contributed by atoms with Gasteiger partial charge in [-0.05, 0) is 43.2 Å². The van der Waals surface area contributed by atoms with Crippen molar-refractivity contribution in [2.45, 2.75) is 38.1 Å². The molecule has 1 aromatic rings. The van der Waals surface area contributed by atoms with Gasteiger partial charge < -0.3 is 10.1 Å². The van der Waals surface area contributed by atoms with Crippen LogP contribution in [0.4, 0.5) is 0 Å². The Hall–Kier alpha value is -1.86. The predicted octanol–water partition coefficient (Wildman–Crippen LogP) is 1.98. The van der Waals surface area contributed by atoms with Gasteiger partial charge in [0.15, 0.2) is 0 Å². The van der Waals surface area contributed by atoms with E-state index < -0.39 is 5.41 Å². The molecule has 4 nitrogen and oxygen atoms in total. The summed E-state index contributed by atoms with van der Waals surface area (Å²) in [6.07, 6.45) is 3.79. The van der Waals surface area contributed by atoms with Crippen LogP contribution in [0.25, 0.3) is 0 Å². The molecular weight excluding hydrogens is 264 g/mol. The third-order valence-electron chi connectivity index (χ3n) is 4.68. The molecule has 1 aromatic carbocycles. The maximum absolute atomic E-state index is 12.5. The maximum atomic E-state index is 12.5. The number of nitrogens with one attached hydrogen (secondary N) is 1. The summed E-state index contributed by atoms with van der Waals surface area (Å²) in [5.74, 6) is -0.113. The van der Waals surface area contributed by atoms with Gasteiger partial charge in [-0.3, -0.25) is 4.79 Å². The summed E-state index contributed by atoms with van der Waals surface area (Å²) in [7, 11) is 0. The molecule has 0 aromatic heterocycles. The molecule has 2 aliphatic rings. The van der Waals surface area contributed by atoms with E-state index in [0.717, 1.165) is 19.3 Å². The molecule has 1 aliphatic carbocycles. The number of amides is 1. The maximum Gasteiger partial charge on any atom is 0.240 e. The third-order valence-corrected chi connectivity index (χ3v) is 4.68. The second kappa shape index (κ2) is 5.87. The molecule has 0 bridgehead atoms. The highest BCUT2D eigenvalue weighted by Crippen LogP contribution is 2.31. The van der Waals surface area contributed by atoms with E-state index >= 15 is 0 Å². The first-order chi connectivity index (χ1) is 10.2. The molecular formula is C17H20N2O2. The minimum Gasteiger partial charge on any atom is -0.381 e. The summed E-state index contributed by atoms with van der Waals surface area (Å²) < 4.78 is 5.28. The average molecular weight is 284 g/mol. The number of benzene rings is 1. The lowest BCUT2D eigenvalue weighted by Gasteiger charge is -2.32. The number of carbonyl (C=O) groups is 1. The van der Waals surface area contributed by atoms with Crippen LogP contribution in [0.15, 0.2) is 24.3 Å². The summed E-state index contributed by atoms with van der Waals surface area (Å²) in [6, 6.07) is 10.8. The zero-order valence-corrected chi connectivity index (χ0v) is 12.1. The Labute approximate surface area is 125 Å². The molecule has 1 saturated heterocycles. The molecule has 3 rings (SSSR count). The highest BCUT2D eigenvalue weighted by molar-refractivity contribution is 5.85. The van der Waals surface area contributed by atoms with Crippen molar-refractivity contribution in [1.29, 1.82) is 5.26 Å². The SMILES string of the molecule is N#CC1(C(=O)NC2CCc3ccccc3C2)CCOCC1. The molecule has 1 unspecified atom stereocenters. The van der Waals surface area contributed by atoms with Crippen molar-refractivity contribution in [3.05, 3.63) is 35.4 Å². The van der Waals surface area contributed by atoms with Crippen LogP contribution in [0.5, 0.6) is 0 Å². The minimum atomic E-state index is -0.894. The summed E-state index contributed by atoms with van der Waals surface area (Å²) in [4.78, 5) is 12.5. The quantitative estimate of drug-likeness (QED) is 0.903. The van der Waals surface area contributed by atoms with Crippen LogP contribution in [-0.2, 0) is 22.4 Å². The number of fused-ring (bicyclic) bond motifs is 1. The van der Waals surface area contributed by atoms with Crippen molar-refractivity contribution in [3.8, 4) is 6.07 Å². The molecule has 1 fully saturated rings. The number of ether oxygens (including phenoxy) is 1. The van der Waals surface area contributed by atoms with Crippen molar-refractivity contribution in [1.82, 2.24) is 5.32 Å². The van der Waals surface area contributed by atoms with Gasteiger partial charge in [0.1, 0.15) is 5.41 Å². The first-order valence-corrected chi connectivity index (χ1v) is 7.60. The van der Waals surface area contributed by atoms with E-state index in [0.29, 0.717) is 26.1 Å². The van der Waals surface area contributed by atoms with Crippen molar-refractivity contribution in [3.63, 3.8) is 0 Å². The lowest BCUT2D eigenvalue weighted by molar-refractivity contribution is -0.133. The fraction of sp³-hybridized carbons (Fsp3) is 0.529. The van der Waals surface area contributed by atoms with Gasteiger partial charge in [-0.1, -0.05) is 24.3 Å². The molecule has 110 valence electrons. The molecule has 1 aliphatic heterocycles. The van der Waals surface area contributed by atoms with Crippen LogP contribution in [0.3, 0.4) is 0 Å². The van der Waals surface area contributed by atoms with E-state index in [4.69, 9.17) is 4.74 Å². The Morgan fingerprint density at radius 3 is 2.71 bits per heavy atom. The van der Waals surface area contributed by atoms with Crippen LogP contribution in [0.1, 0.15) is 30.4 Å². The van der Waals surface area contributed by atoms with Crippen molar-refractivity contribution < 1.29 is 9.53 Å². The number of nitriles is 1. The standard InChI is InChI=1S/C17H20N2O2/c18-12-17(7-9-21-10-8-17)16(20)19-15-6-5-13-3-1-2-4-14(13)11-15/h1-4,15H,5-11H2,(H,19,20). The molecule has 4 heteroatoms. The van der Waals surface area contributed by atoms with Crippen LogP contribution < -0.4 is 5.32 Å². The molecule has 1 heterocycles. The minimum absolute atomic E-state index is 0.113. The zero-order chi connectivity index (χ0) is 14.7. The monoisotopic (exact) mass is 284 g/mol. The summed E-state index contributed by atoms with van der Waals surface area (Å²) >= 11 is 0. The lowest BCUT2D eigenvalue weighted by atomic mass is 9.80. The number of aryl methyl sites for hydroxylation is 1. The molecule has 21 heavy (non-hydrogen) atoms.